The first-order valence-corrected chi connectivity index (χ1v) is 20.6. The highest BCUT2D eigenvalue weighted by atomic mass is 16.3. The van der Waals surface area contributed by atoms with Crippen molar-refractivity contribution in [1.29, 1.82) is 0 Å². The molecule has 0 saturated carbocycles. The number of hydrogen-bond acceptors (Lipinski definition) is 2. The number of hydrogen-bond donors (Lipinski definition) is 0. The Balaban J connectivity index is 1.11. The molecule has 0 saturated heterocycles. The molecule has 0 unspecified atom stereocenters. The van der Waals surface area contributed by atoms with Crippen LogP contribution in [0.5, 0.6) is 0 Å². The van der Waals surface area contributed by atoms with Crippen molar-refractivity contribution in [3.05, 3.63) is 206 Å². The lowest BCUT2D eigenvalue weighted by Gasteiger charge is -2.19. The smallest absolute Gasteiger partial charge is 0.143 e. The van der Waals surface area contributed by atoms with Crippen LogP contribution in [-0.2, 0) is 0 Å². The molecule has 0 radical (unpaired) electrons. The van der Waals surface area contributed by atoms with Crippen molar-refractivity contribution in [2.75, 3.05) is 0 Å². The summed E-state index contributed by atoms with van der Waals surface area (Å²) in [5.74, 6) is 0. The first-order valence-electron chi connectivity index (χ1n) is 20.6. The fourth-order valence-corrected chi connectivity index (χ4v) is 10.0. The number of benzene rings is 11. The van der Waals surface area contributed by atoms with Gasteiger partial charge < -0.3 is 8.83 Å². The van der Waals surface area contributed by atoms with E-state index >= 15 is 0 Å². The summed E-state index contributed by atoms with van der Waals surface area (Å²) >= 11 is 0. The van der Waals surface area contributed by atoms with Crippen molar-refractivity contribution in [2.24, 2.45) is 0 Å². The minimum absolute atomic E-state index is 0.866. The summed E-state index contributed by atoms with van der Waals surface area (Å²) in [4.78, 5) is 0. The SMILES string of the molecule is c1ccc(-c2cccc(-c3c4ccccc4c(-c4cc(-c5ccc6oc7c8ccccc8c8ccccc8c7c6c5)cc5oc6ccccc6c45)c4ccccc34)c2)cc1. The van der Waals surface area contributed by atoms with E-state index in [2.05, 4.69) is 206 Å². The van der Waals surface area contributed by atoms with Gasteiger partial charge >= 0.3 is 0 Å². The molecule has 2 heterocycles. The summed E-state index contributed by atoms with van der Waals surface area (Å²) in [6.07, 6.45) is 0. The molecule has 0 atom stereocenters. The van der Waals surface area contributed by atoms with Crippen LogP contribution >= 0.6 is 0 Å². The van der Waals surface area contributed by atoms with Gasteiger partial charge in [0.05, 0.1) is 0 Å². The van der Waals surface area contributed by atoms with Crippen LogP contribution in [0.4, 0.5) is 0 Å². The van der Waals surface area contributed by atoms with E-state index in [-0.39, 0.29) is 0 Å². The van der Waals surface area contributed by atoms with Crippen LogP contribution in [0.1, 0.15) is 0 Å². The Labute approximate surface area is 345 Å². The summed E-state index contributed by atoms with van der Waals surface area (Å²) in [7, 11) is 0. The molecule has 0 N–H and O–H groups in total. The molecule has 0 spiro atoms. The van der Waals surface area contributed by atoms with Crippen LogP contribution in [0, 0.1) is 0 Å². The molecule has 13 rings (SSSR count). The Morgan fingerprint density at radius 1 is 0.233 bits per heavy atom. The monoisotopic (exact) mass is 762 g/mol. The average Bonchev–Trinajstić information content (AvgIpc) is 3.90. The molecule has 2 nitrogen and oxygen atoms in total. The minimum atomic E-state index is 0.866. The molecule has 2 aromatic heterocycles. The van der Waals surface area contributed by atoms with E-state index in [0.29, 0.717) is 0 Å². The fraction of sp³-hybridized carbons (Fsp3) is 0. The summed E-state index contributed by atoms with van der Waals surface area (Å²) in [5.41, 5.74) is 12.9. The molecule has 0 bridgehead atoms. The zero-order chi connectivity index (χ0) is 39.3. The Morgan fingerprint density at radius 2 is 0.767 bits per heavy atom. The molecule has 0 fully saturated rings. The van der Waals surface area contributed by atoms with Crippen LogP contribution in [0.15, 0.2) is 215 Å². The third-order valence-electron chi connectivity index (χ3n) is 12.6. The molecule has 60 heavy (non-hydrogen) atoms. The Morgan fingerprint density at radius 3 is 1.50 bits per heavy atom. The highest BCUT2D eigenvalue weighted by Gasteiger charge is 2.23. The zero-order valence-electron chi connectivity index (χ0n) is 32.4. The standard InChI is InChI=1S/C58H34O2/c1-2-15-35(16-3-1)36-17-14-18-38(31-36)54-43-22-7-9-24-45(43)55(46-25-10-8-23-44(46)54)50-33-39(34-53-56(50)48-27-12-13-28-51(48)59-53)37-29-30-52-49(32-37)57-42-21-6-4-19-40(42)41-20-5-11-26-47(41)58(57)60-52/h1-34H. The van der Waals surface area contributed by atoms with Crippen molar-refractivity contribution >= 4 is 87.0 Å². The third-order valence-corrected chi connectivity index (χ3v) is 12.6. The fourth-order valence-electron chi connectivity index (χ4n) is 10.0. The lowest BCUT2D eigenvalue weighted by molar-refractivity contribution is 0.669. The van der Waals surface area contributed by atoms with Crippen molar-refractivity contribution in [2.45, 2.75) is 0 Å². The topological polar surface area (TPSA) is 26.3 Å². The lowest BCUT2D eigenvalue weighted by atomic mass is 9.83. The van der Waals surface area contributed by atoms with E-state index in [1.165, 1.54) is 65.5 Å². The van der Waals surface area contributed by atoms with E-state index in [0.717, 1.165) is 66.0 Å². The molecular weight excluding hydrogens is 729 g/mol. The van der Waals surface area contributed by atoms with Gasteiger partial charge in [0.25, 0.3) is 0 Å². The predicted molar refractivity (Wildman–Crippen MR) is 253 cm³/mol. The van der Waals surface area contributed by atoms with E-state index in [9.17, 15) is 0 Å². The molecule has 0 aliphatic heterocycles. The van der Waals surface area contributed by atoms with Gasteiger partial charge in [-0.15, -0.1) is 0 Å². The molecule has 11 aromatic carbocycles. The highest BCUT2D eigenvalue weighted by molar-refractivity contribution is 6.31. The van der Waals surface area contributed by atoms with Gasteiger partial charge in [-0.1, -0.05) is 170 Å². The summed E-state index contributed by atoms with van der Waals surface area (Å²) < 4.78 is 13.5. The van der Waals surface area contributed by atoms with Crippen molar-refractivity contribution in [3.63, 3.8) is 0 Å². The van der Waals surface area contributed by atoms with E-state index in [1.54, 1.807) is 0 Å². The van der Waals surface area contributed by atoms with Crippen LogP contribution < -0.4 is 0 Å². The van der Waals surface area contributed by atoms with Gasteiger partial charge in [-0.25, -0.2) is 0 Å². The summed E-state index contributed by atoms with van der Waals surface area (Å²) in [5, 5.41) is 14.1. The highest BCUT2D eigenvalue weighted by Crippen LogP contribution is 2.49. The van der Waals surface area contributed by atoms with Gasteiger partial charge in [0.1, 0.15) is 22.3 Å². The second-order valence-electron chi connectivity index (χ2n) is 15.9. The summed E-state index contributed by atoms with van der Waals surface area (Å²) in [6.45, 7) is 0. The van der Waals surface area contributed by atoms with Crippen LogP contribution in [0.3, 0.4) is 0 Å². The van der Waals surface area contributed by atoms with Crippen molar-refractivity contribution in [3.8, 4) is 44.5 Å². The maximum atomic E-state index is 6.78. The molecule has 13 aromatic rings. The third kappa shape index (κ3) is 4.82. The number of fused-ring (bicyclic) bond motifs is 13. The molecule has 0 amide bonds. The Hall–Kier alpha value is -7.94. The largest absolute Gasteiger partial charge is 0.456 e. The number of rotatable bonds is 4. The second-order valence-corrected chi connectivity index (χ2v) is 15.9. The van der Waals surface area contributed by atoms with Crippen LogP contribution in [0.2, 0.25) is 0 Å². The molecule has 0 aliphatic carbocycles. The molecular formula is C58H34O2. The zero-order valence-corrected chi connectivity index (χ0v) is 32.4. The predicted octanol–water partition coefficient (Wildman–Crippen LogP) is 16.8. The quantitative estimate of drug-likeness (QED) is 0.132. The van der Waals surface area contributed by atoms with Gasteiger partial charge in [-0.2, -0.15) is 0 Å². The van der Waals surface area contributed by atoms with E-state index < -0.39 is 0 Å². The first-order chi connectivity index (χ1) is 29.8. The van der Waals surface area contributed by atoms with Crippen LogP contribution in [-0.4, -0.2) is 0 Å². The molecule has 278 valence electrons. The van der Waals surface area contributed by atoms with Gasteiger partial charge in [0.2, 0.25) is 0 Å². The average molecular weight is 763 g/mol. The summed E-state index contributed by atoms with van der Waals surface area (Å²) in [6, 6.07) is 74.5. The maximum absolute atomic E-state index is 6.78. The minimum Gasteiger partial charge on any atom is -0.456 e. The van der Waals surface area contributed by atoms with Gasteiger partial charge in [-0.05, 0) is 119 Å². The van der Waals surface area contributed by atoms with Crippen molar-refractivity contribution in [1.82, 2.24) is 0 Å². The normalized spacial score (nSPS) is 12.0. The maximum Gasteiger partial charge on any atom is 0.143 e. The number of para-hydroxylation sites is 1. The van der Waals surface area contributed by atoms with Crippen molar-refractivity contribution < 1.29 is 8.83 Å². The van der Waals surface area contributed by atoms with E-state index in [1.807, 2.05) is 0 Å². The number of furan rings is 2. The lowest BCUT2D eigenvalue weighted by Crippen LogP contribution is -1.92. The molecule has 2 heteroatoms. The Kier molecular flexibility index (Phi) is 7.05. The molecule has 0 aliphatic rings. The van der Waals surface area contributed by atoms with Gasteiger partial charge in [0.15, 0.2) is 0 Å². The van der Waals surface area contributed by atoms with Crippen LogP contribution in [0.25, 0.3) is 131 Å². The first kappa shape index (κ1) is 33.1. The van der Waals surface area contributed by atoms with E-state index in [4.69, 9.17) is 8.83 Å². The second kappa shape index (κ2) is 12.8. The Bertz CT molecular complexity index is 3830. The van der Waals surface area contributed by atoms with Gasteiger partial charge in [-0.3, -0.25) is 0 Å². The van der Waals surface area contributed by atoms with Gasteiger partial charge in [0, 0.05) is 26.9 Å².